The standard InChI is InChI=1S/C21H20F3N3O3/c1-3-13-7-4-5-10-16(13)25-17(28)12-27-18(29)20(2,26-19(27)30)14-8-6-9-15(11-14)21(22,23)24/h4-11H,3,12H2,1-2H3,(H,25,28)(H,26,30)/t20-/m0/s1. The minimum Gasteiger partial charge on any atom is -0.324 e. The summed E-state index contributed by atoms with van der Waals surface area (Å²) in [5.41, 5.74) is -1.21. The number of hydrogen-bond acceptors (Lipinski definition) is 3. The third-order valence-corrected chi connectivity index (χ3v) is 5.02. The summed E-state index contributed by atoms with van der Waals surface area (Å²) in [5, 5.41) is 5.07. The largest absolute Gasteiger partial charge is 0.416 e. The van der Waals surface area contributed by atoms with Gasteiger partial charge in [-0.25, -0.2) is 4.79 Å². The van der Waals surface area contributed by atoms with Gasteiger partial charge in [0.25, 0.3) is 5.91 Å². The molecule has 4 amide bonds. The number of benzene rings is 2. The van der Waals surface area contributed by atoms with Crippen LogP contribution in [0, 0.1) is 0 Å². The highest BCUT2D eigenvalue weighted by atomic mass is 19.4. The molecule has 1 atom stereocenters. The summed E-state index contributed by atoms with van der Waals surface area (Å²) in [5.74, 6) is -1.39. The summed E-state index contributed by atoms with van der Waals surface area (Å²) < 4.78 is 39.1. The zero-order valence-corrected chi connectivity index (χ0v) is 16.3. The molecule has 3 rings (SSSR count). The molecule has 0 unspecified atom stereocenters. The molecule has 1 fully saturated rings. The molecule has 2 aromatic carbocycles. The van der Waals surface area contributed by atoms with E-state index in [1.165, 1.54) is 19.1 Å². The fraction of sp³-hybridized carbons (Fsp3) is 0.286. The summed E-state index contributed by atoms with van der Waals surface area (Å²) in [6, 6.07) is 10.5. The molecule has 1 aliphatic heterocycles. The van der Waals surface area contributed by atoms with Crippen LogP contribution in [0.2, 0.25) is 0 Å². The molecule has 0 saturated carbocycles. The quantitative estimate of drug-likeness (QED) is 0.726. The van der Waals surface area contributed by atoms with Gasteiger partial charge in [-0.1, -0.05) is 37.3 Å². The van der Waals surface area contributed by atoms with Crippen molar-refractivity contribution < 1.29 is 27.6 Å². The van der Waals surface area contributed by atoms with Crippen molar-refractivity contribution in [2.45, 2.75) is 32.0 Å². The Bertz CT molecular complexity index is 1010. The minimum atomic E-state index is -4.59. The Kier molecular flexibility index (Phi) is 5.56. The second-order valence-corrected chi connectivity index (χ2v) is 7.08. The number of aryl methyl sites for hydroxylation is 1. The Balaban J connectivity index is 1.80. The molecule has 2 aromatic rings. The number of alkyl halides is 3. The molecular weight excluding hydrogens is 399 g/mol. The average molecular weight is 419 g/mol. The van der Waals surface area contributed by atoms with Crippen molar-refractivity contribution in [2.24, 2.45) is 0 Å². The molecule has 1 aliphatic rings. The van der Waals surface area contributed by atoms with Gasteiger partial charge in [0.15, 0.2) is 0 Å². The number of imide groups is 1. The van der Waals surface area contributed by atoms with Crippen molar-refractivity contribution in [1.29, 1.82) is 0 Å². The van der Waals surface area contributed by atoms with Crippen LogP contribution in [0.1, 0.15) is 30.5 Å². The van der Waals surface area contributed by atoms with E-state index < -0.39 is 41.7 Å². The van der Waals surface area contributed by atoms with Crippen molar-refractivity contribution in [3.05, 3.63) is 65.2 Å². The first-order chi connectivity index (χ1) is 14.1. The SMILES string of the molecule is CCc1ccccc1NC(=O)CN1C(=O)N[C@@](C)(c2cccc(C(F)(F)F)c2)C1=O. The van der Waals surface area contributed by atoms with E-state index in [0.717, 1.165) is 17.7 Å². The summed E-state index contributed by atoms with van der Waals surface area (Å²) in [4.78, 5) is 38.4. The van der Waals surface area contributed by atoms with E-state index in [1.54, 1.807) is 12.1 Å². The molecule has 0 aliphatic carbocycles. The summed E-state index contributed by atoms with van der Waals surface area (Å²) >= 11 is 0. The van der Waals surface area contributed by atoms with Crippen LogP contribution in [-0.2, 0) is 27.7 Å². The Morgan fingerprint density at radius 2 is 1.83 bits per heavy atom. The number of halogens is 3. The van der Waals surface area contributed by atoms with Crippen LogP contribution in [0.25, 0.3) is 0 Å². The third kappa shape index (κ3) is 4.00. The Morgan fingerprint density at radius 1 is 1.13 bits per heavy atom. The lowest BCUT2D eigenvalue weighted by molar-refractivity contribution is -0.138. The highest BCUT2D eigenvalue weighted by Gasteiger charge is 2.50. The number of para-hydroxylation sites is 1. The van der Waals surface area contributed by atoms with E-state index in [2.05, 4.69) is 10.6 Å². The van der Waals surface area contributed by atoms with Gasteiger partial charge in [0, 0.05) is 5.69 Å². The van der Waals surface area contributed by atoms with Crippen molar-refractivity contribution in [3.63, 3.8) is 0 Å². The van der Waals surface area contributed by atoms with E-state index in [9.17, 15) is 27.6 Å². The van der Waals surface area contributed by atoms with Crippen LogP contribution >= 0.6 is 0 Å². The van der Waals surface area contributed by atoms with Crippen LogP contribution in [0.4, 0.5) is 23.7 Å². The van der Waals surface area contributed by atoms with E-state index in [4.69, 9.17) is 0 Å². The van der Waals surface area contributed by atoms with Crippen LogP contribution in [0.5, 0.6) is 0 Å². The molecule has 2 N–H and O–H groups in total. The van der Waals surface area contributed by atoms with Gasteiger partial charge in [0.05, 0.1) is 5.56 Å². The summed E-state index contributed by atoms with van der Waals surface area (Å²) in [6.45, 7) is 2.67. The number of urea groups is 1. The molecule has 0 bridgehead atoms. The lowest BCUT2D eigenvalue weighted by Crippen LogP contribution is -2.42. The number of rotatable bonds is 5. The van der Waals surface area contributed by atoms with Crippen molar-refractivity contribution in [2.75, 3.05) is 11.9 Å². The van der Waals surface area contributed by atoms with Crippen LogP contribution in [0.15, 0.2) is 48.5 Å². The van der Waals surface area contributed by atoms with Gasteiger partial charge < -0.3 is 10.6 Å². The molecule has 1 heterocycles. The fourth-order valence-corrected chi connectivity index (χ4v) is 3.33. The van der Waals surface area contributed by atoms with Gasteiger partial charge in [0.1, 0.15) is 12.1 Å². The maximum atomic E-state index is 13.0. The number of hydrogen-bond donors (Lipinski definition) is 2. The molecule has 30 heavy (non-hydrogen) atoms. The first kappa shape index (κ1) is 21.4. The number of amides is 4. The fourth-order valence-electron chi connectivity index (χ4n) is 3.33. The number of carbonyl (C=O) groups excluding carboxylic acids is 3. The van der Waals surface area contributed by atoms with Crippen LogP contribution in [0.3, 0.4) is 0 Å². The minimum absolute atomic E-state index is 0.0186. The summed E-state index contributed by atoms with van der Waals surface area (Å²) in [6.07, 6.45) is -3.92. The van der Waals surface area contributed by atoms with Gasteiger partial charge in [0.2, 0.25) is 5.91 Å². The number of anilines is 1. The maximum Gasteiger partial charge on any atom is 0.416 e. The molecule has 9 heteroatoms. The van der Waals surface area contributed by atoms with Crippen LogP contribution in [-0.4, -0.2) is 29.3 Å². The number of nitrogens with zero attached hydrogens (tertiary/aromatic N) is 1. The van der Waals surface area contributed by atoms with Crippen molar-refractivity contribution in [3.8, 4) is 0 Å². The molecular formula is C21H20F3N3O3. The highest BCUT2D eigenvalue weighted by Crippen LogP contribution is 2.34. The second kappa shape index (κ2) is 7.81. The first-order valence-electron chi connectivity index (χ1n) is 9.26. The molecule has 158 valence electrons. The van der Waals surface area contributed by atoms with E-state index >= 15 is 0 Å². The zero-order valence-electron chi connectivity index (χ0n) is 16.3. The van der Waals surface area contributed by atoms with Gasteiger partial charge in [-0.2, -0.15) is 13.2 Å². The average Bonchev–Trinajstić information content (AvgIpc) is 2.92. The lowest BCUT2D eigenvalue weighted by atomic mass is 9.90. The van der Waals surface area contributed by atoms with Gasteiger partial charge >= 0.3 is 12.2 Å². The number of carbonyl (C=O) groups is 3. The molecule has 0 radical (unpaired) electrons. The normalized spacial score (nSPS) is 19.0. The Hall–Kier alpha value is -3.36. The van der Waals surface area contributed by atoms with Gasteiger partial charge in [-0.15, -0.1) is 0 Å². The molecule has 1 saturated heterocycles. The predicted molar refractivity (Wildman–Crippen MR) is 103 cm³/mol. The van der Waals surface area contributed by atoms with Crippen molar-refractivity contribution in [1.82, 2.24) is 10.2 Å². The first-order valence-corrected chi connectivity index (χ1v) is 9.26. The molecule has 6 nitrogen and oxygen atoms in total. The molecule has 0 aromatic heterocycles. The van der Waals surface area contributed by atoms with E-state index in [-0.39, 0.29) is 5.56 Å². The lowest BCUT2D eigenvalue weighted by Gasteiger charge is -2.23. The monoisotopic (exact) mass is 419 g/mol. The Labute approximate surface area is 171 Å². The van der Waals surface area contributed by atoms with Crippen molar-refractivity contribution >= 4 is 23.5 Å². The second-order valence-electron chi connectivity index (χ2n) is 7.08. The molecule has 0 spiro atoms. The zero-order chi connectivity index (χ0) is 22.1. The Morgan fingerprint density at radius 3 is 2.50 bits per heavy atom. The summed E-state index contributed by atoms with van der Waals surface area (Å²) in [7, 11) is 0. The van der Waals surface area contributed by atoms with E-state index in [0.29, 0.717) is 17.0 Å². The van der Waals surface area contributed by atoms with Crippen LogP contribution < -0.4 is 10.6 Å². The number of nitrogens with one attached hydrogen (secondary N) is 2. The topological polar surface area (TPSA) is 78.5 Å². The van der Waals surface area contributed by atoms with E-state index in [1.807, 2.05) is 19.1 Å². The maximum absolute atomic E-state index is 13.0. The van der Waals surface area contributed by atoms with Gasteiger partial charge in [-0.3, -0.25) is 14.5 Å². The third-order valence-electron chi connectivity index (χ3n) is 5.02. The van der Waals surface area contributed by atoms with Gasteiger partial charge in [-0.05, 0) is 42.7 Å². The highest BCUT2D eigenvalue weighted by molar-refractivity contribution is 6.10. The predicted octanol–water partition coefficient (Wildman–Crippen LogP) is 3.67. The smallest absolute Gasteiger partial charge is 0.324 e.